The van der Waals surface area contributed by atoms with Gasteiger partial charge in [0, 0.05) is 18.8 Å². The highest BCUT2D eigenvalue weighted by atomic mass is 16.5. The predicted molar refractivity (Wildman–Crippen MR) is 87.2 cm³/mol. The zero-order valence-electron chi connectivity index (χ0n) is 14.1. The summed E-state index contributed by atoms with van der Waals surface area (Å²) in [6.45, 7) is 3.86. The summed E-state index contributed by atoms with van der Waals surface area (Å²) >= 11 is 0. The lowest BCUT2D eigenvalue weighted by Gasteiger charge is -2.29. The number of carbonyl (C=O) groups excluding carboxylic acids is 2. The molecular formula is C18H24O6. The maximum absolute atomic E-state index is 12.2. The molecule has 0 radical (unpaired) electrons. The lowest BCUT2D eigenvalue weighted by Crippen LogP contribution is -2.25. The smallest absolute Gasteiger partial charge is 0.341 e. The van der Waals surface area contributed by atoms with Gasteiger partial charge in [-0.15, -0.1) is 0 Å². The van der Waals surface area contributed by atoms with Gasteiger partial charge < -0.3 is 19.7 Å². The molecule has 2 rings (SSSR count). The second kappa shape index (κ2) is 8.04. The van der Waals surface area contributed by atoms with E-state index in [2.05, 4.69) is 0 Å². The fraction of sp³-hybridized carbons (Fsp3) is 0.556. The maximum atomic E-state index is 12.2. The predicted octanol–water partition coefficient (Wildman–Crippen LogP) is 3.26. The Kier molecular flexibility index (Phi) is 6.06. The van der Waals surface area contributed by atoms with Crippen LogP contribution in [0.4, 0.5) is 0 Å². The highest BCUT2D eigenvalue weighted by Gasteiger charge is 2.34. The molecule has 0 saturated carbocycles. The summed E-state index contributed by atoms with van der Waals surface area (Å²) in [5, 5.41) is 20.2. The summed E-state index contributed by atoms with van der Waals surface area (Å²) in [6.07, 6.45) is 4.33. The van der Waals surface area contributed by atoms with Gasteiger partial charge in [-0.25, -0.2) is 9.59 Å². The summed E-state index contributed by atoms with van der Waals surface area (Å²) < 4.78 is 10.0. The van der Waals surface area contributed by atoms with Crippen molar-refractivity contribution in [2.24, 2.45) is 5.92 Å². The molecule has 132 valence electrons. The first kappa shape index (κ1) is 18.1. The monoisotopic (exact) mass is 336 g/mol. The summed E-state index contributed by atoms with van der Waals surface area (Å²) in [7, 11) is 0. The number of aliphatic hydroxyl groups is 2. The van der Waals surface area contributed by atoms with Crippen molar-refractivity contribution in [1.82, 2.24) is 0 Å². The molecule has 0 bridgehead atoms. The summed E-state index contributed by atoms with van der Waals surface area (Å²) in [5.41, 5.74) is 1.25. The van der Waals surface area contributed by atoms with Gasteiger partial charge >= 0.3 is 11.9 Å². The van der Waals surface area contributed by atoms with Crippen molar-refractivity contribution in [1.29, 1.82) is 0 Å². The van der Waals surface area contributed by atoms with E-state index >= 15 is 0 Å². The normalized spacial score (nSPS) is 21.4. The molecule has 1 unspecified atom stereocenters. The Morgan fingerprint density at radius 2 is 1.71 bits per heavy atom. The van der Waals surface area contributed by atoms with E-state index in [1.54, 1.807) is 19.9 Å². The first-order valence-corrected chi connectivity index (χ1v) is 8.38. The van der Waals surface area contributed by atoms with Crippen LogP contribution in [0, 0.1) is 5.92 Å². The van der Waals surface area contributed by atoms with Gasteiger partial charge in [-0.1, -0.05) is 5.57 Å². The molecule has 0 aromatic rings. The summed E-state index contributed by atoms with van der Waals surface area (Å²) in [6, 6.07) is 0. The molecule has 0 saturated heterocycles. The quantitative estimate of drug-likeness (QED) is 0.749. The van der Waals surface area contributed by atoms with Gasteiger partial charge in [-0.2, -0.15) is 0 Å². The van der Waals surface area contributed by atoms with Crippen LogP contribution < -0.4 is 0 Å². The van der Waals surface area contributed by atoms with Crippen molar-refractivity contribution in [3.05, 3.63) is 34.3 Å². The Balaban J connectivity index is 2.35. The largest absolute Gasteiger partial charge is 0.512 e. The molecule has 0 aromatic carbocycles. The number of rotatable bonds is 5. The molecule has 0 spiro atoms. The van der Waals surface area contributed by atoms with Crippen LogP contribution >= 0.6 is 0 Å². The second-order valence-corrected chi connectivity index (χ2v) is 5.83. The van der Waals surface area contributed by atoms with Crippen molar-refractivity contribution >= 4 is 11.9 Å². The van der Waals surface area contributed by atoms with E-state index < -0.39 is 11.9 Å². The third-order valence-electron chi connectivity index (χ3n) is 4.30. The third kappa shape index (κ3) is 3.80. The first-order chi connectivity index (χ1) is 11.5. The zero-order chi connectivity index (χ0) is 17.7. The molecular weight excluding hydrogens is 312 g/mol. The first-order valence-electron chi connectivity index (χ1n) is 8.38. The molecule has 0 amide bonds. The summed E-state index contributed by atoms with van der Waals surface area (Å²) in [4.78, 5) is 24.2. The number of hydrogen-bond acceptors (Lipinski definition) is 6. The second-order valence-electron chi connectivity index (χ2n) is 5.83. The zero-order valence-corrected chi connectivity index (χ0v) is 14.1. The maximum Gasteiger partial charge on any atom is 0.341 e. The lowest BCUT2D eigenvalue weighted by atomic mass is 9.77. The number of carbonyl (C=O) groups is 2. The van der Waals surface area contributed by atoms with Crippen LogP contribution in [-0.2, 0) is 19.1 Å². The van der Waals surface area contributed by atoms with E-state index in [0.717, 1.165) is 12.0 Å². The molecule has 24 heavy (non-hydrogen) atoms. The average molecular weight is 336 g/mol. The summed E-state index contributed by atoms with van der Waals surface area (Å²) in [5.74, 6) is -1.33. The van der Waals surface area contributed by atoms with Crippen LogP contribution in [0.25, 0.3) is 0 Å². The minimum absolute atomic E-state index is 0.00102. The van der Waals surface area contributed by atoms with E-state index in [9.17, 15) is 19.8 Å². The fourth-order valence-electron chi connectivity index (χ4n) is 3.19. The number of ether oxygens (including phenoxy) is 2. The van der Waals surface area contributed by atoms with Crippen LogP contribution in [0.5, 0.6) is 0 Å². The van der Waals surface area contributed by atoms with E-state index in [-0.39, 0.29) is 41.8 Å². The Hall–Kier alpha value is -2.24. The van der Waals surface area contributed by atoms with Gasteiger partial charge in [0.1, 0.15) is 11.5 Å². The molecule has 0 aliphatic heterocycles. The highest BCUT2D eigenvalue weighted by molar-refractivity contribution is 5.93. The number of allylic oxidation sites excluding steroid dienone is 3. The van der Waals surface area contributed by atoms with Gasteiger partial charge in [0.15, 0.2) is 0 Å². The van der Waals surface area contributed by atoms with Gasteiger partial charge in [0.25, 0.3) is 0 Å². The van der Waals surface area contributed by atoms with Crippen LogP contribution in [0.3, 0.4) is 0 Å². The minimum Gasteiger partial charge on any atom is -0.512 e. The topological polar surface area (TPSA) is 93.1 Å². The third-order valence-corrected chi connectivity index (χ3v) is 4.30. The number of aliphatic hydroxyl groups excluding tert-OH is 2. The highest BCUT2D eigenvalue weighted by Crippen LogP contribution is 2.39. The van der Waals surface area contributed by atoms with E-state index in [1.807, 2.05) is 0 Å². The van der Waals surface area contributed by atoms with Gasteiger partial charge in [0.2, 0.25) is 0 Å². The number of esters is 2. The van der Waals surface area contributed by atoms with Crippen LogP contribution in [-0.4, -0.2) is 35.4 Å². The molecule has 0 fully saturated rings. The SMILES string of the molecule is CCOC(=O)C1=C(O)CCC(C2CCCC(O)=C2C(=O)OCC)=C1. The molecule has 0 aromatic heterocycles. The minimum atomic E-state index is -0.575. The Labute approximate surface area is 141 Å². The molecule has 0 heterocycles. The van der Waals surface area contributed by atoms with Crippen molar-refractivity contribution in [3.63, 3.8) is 0 Å². The lowest BCUT2D eigenvalue weighted by molar-refractivity contribution is -0.139. The average Bonchev–Trinajstić information content (AvgIpc) is 2.55. The number of hydrogen-bond donors (Lipinski definition) is 2. The molecule has 1 atom stereocenters. The Morgan fingerprint density at radius 1 is 1.04 bits per heavy atom. The van der Waals surface area contributed by atoms with E-state index in [1.165, 1.54) is 0 Å². The molecule has 2 aliphatic rings. The molecule has 2 aliphatic carbocycles. The van der Waals surface area contributed by atoms with Gasteiger partial charge in [-0.3, -0.25) is 0 Å². The van der Waals surface area contributed by atoms with E-state index in [0.29, 0.717) is 25.7 Å². The van der Waals surface area contributed by atoms with Gasteiger partial charge in [-0.05, 0) is 39.2 Å². The van der Waals surface area contributed by atoms with Crippen molar-refractivity contribution in [2.75, 3.05) is 13.2 Å². The van der Waals surface area contributed by atoms with Crippen LogP contribution in [0.15, 0.2) is 34.3 Å². The molecule has 2 N–H and O–H groups in total. The fourth-order valence-corrected chi connectivity index (χ4v) is 3.19. The molecule has 6 heteroatoms. The van der Waals surface area contributed by atoms with Crippen molar-refractivity contribution < 1.29 is 29.3 Å². The van der Waals surface area contributed by atoms with Crippen molar-refractivity contribution in [3.8, 4) is 0 Å². The van der Waals surface area contributed by atoms with Gasteiger partial charge in [0.05, 0.1) is 24.4 Å². The van der Waals surface area contributed by atoms with E-state index in [4.69, 9.17) is 9.47 Å². The Morgan fingerprint density at radius 3 is 2.38 bits per heavy atom. The standard InChI is InChI=1S/C18H24O6/c1-3-23-17(21)13-10-11(8-9-14(13)19)12-6-5-7-15(20)16(12)18(22)24-4-2/h10,12,19-20H,3-9H2,1-2H3. The van der Waals surface area contributed by atoms with Crippen LogP contribution in [0.1, 0.15) is 46.0 Å². The van der Waals surface area contributed by atoms with Crippen LogP contribution in [0.2, 0.25) is 0 Å². The Bertz CT molecular complexity index is 611. The van der Waals surface area contributed by atoms with Crippen molar-refractivity contribution in [2.45, 2.75) is 46.0 Å². The molecule has 6 nitrogen and oxygen atoms in total.